The number of hydrogen-bond donors (Lipinski definition) is 1. The molecule has 4 aromatic carbocycles. The Balaban J connectivity index is 1.61. The lowest BCUT2D eigenvalue weighted by Crippen LogP contribution is -2.05. The van der Waals surface area contributed by atoms with Gasteiger partial charge in [0.1, 0.15) is 12.4 Å². The highest BCUT2D eigenvalue weighted by molar-refractivity contribution is 9.10. The summed E-state index contributed by atoms with van der Waals surface area (Å²) in [5, 5.41) is 6.02. The Morgan fingerprint density at radius 1 is 0.828 bits per heavy atom. The Hall–Kier alpha value is -2.78. The summed E-state index contributed by atoms with van der Waals surface area (Å²) in [7, 11) is 0. The molecular formula is C26H24BrNO. The summed E-state index contributed by atoms with van der Waals surface area (Å²) in [5.41, 5.74) is 6.05. The first-order chi connectivity index (χ1) is 14.1. The van der Waals surface area contributed by atoms with E-state index in [0.717, 1.165) is 21.5 Å². The topological polar surface area (TPSA) is 21.3 Å². The van der Waals surface area contributed by atoms with E-state index in [2.05, 4.69) is 102 Å². The van der Waals surface area contributed by atoms with Gasteiger partial charge in [0.2, 0.25) is 0 Å². The van der Waals surface area contributed by atoms with Crippen LogP contribution in [0.2, 0.25) is 0 Å². The fraction of sp³-hybridized carbons (Fsp3) is 0.154. The second kappa shape index (κ2) is 8.71. The minimum atomic E-state index is 0.544. The molecule has 3 heteroatoms. The van der Waals surface area contributed by atoms with E-state index in [1.807, 2.05) is 12.1 Å². The van der Waals surface area contributed by atoms with E-state index in [0.29, 0.717) is 13.2 Å². The second-order valence-electron chi connectivity index (χ2n) is 7.33. The lowest BCUT2D eigenvalue weighted by molar-refractivity contribution is 0.304. The Morgan fingerprint density at radius 3 is 2.41 bits per heavy atom. The van der Waals surface area contributed by atoms with E-state index >= 15 is 0 Å². The summed E-state index contributed by atoms with van der Waals surface area (Å²) in [6.45, 7) is 5.53. The minimum absolute atomic E-state index is 0.544. The largest absolute Gasteiger partial charge is 0.489 e. The SMILES string of the molecule is Cc1ccc(NCc2c(OCc3ccc(Br)cc3)ccc3ccccc23)cc1C. The van der Waals surface area contributed by atoms with E-state index in [4.69, 9.17) is 4.74 Å². The lowest BCUT2D eigenvalue weighted by atomic mass is 10.0. The molecule has 0 spiro atoms. The molecule has 4 aromatic rings. The molecule has 0 aliphatic carbocycles. The van der Waals surface area contributed by atoms with Gasteiger partial charge in [-0.15, -0.1) is 0 Å². The van der Waals surface area contributed by atoms with Crippen molar-refractivity contribution in [1.29, 1.82) is 0 Å². The molecule has 0 fully saturated rings. The highest BCUT2D eigenvalue weighted by Gasteiger charge is 2.10. The Morgan fingerprint density at radius 2 is 1.62 bits per heavy atom. The smallest absolute Gasteiger partial charge is 0.125 e. The van der Waals surface area contributed by atoms with Gasteiger partial charge in [-0.05, 0) is 71.6 Å². The van der Waals surface area contributed by atoms with Crippen LogP contribution in [-0.4, -0.2) is 0 Å². The van der Waals surface area contributed by atoms with Crippen LogP contribution < -0.4 is 10.1 Å². The first kappa shape index (κ1) is 19.5. The van der Waals surface area contributed by atoms with Crippen LogP contribution in [0.5, 0.6) is 5.75 Å². The van der Waals surface area contributed by atoms with Gasteiger partial charge >= 0.3 is 0 Å². The second-order valence-corrected chi connectivity index (χ2v) is 8.25. The maximum atomic E-state index is 6.25. The molecule has 0 saturated carbocycles. The molecule has 2 nitrogen and oxygen atoms in total. The van der Waals surface area contributed by atoms with Crippen molar-refractivity contribution >= 4 is 32.4 Å². The van der Waals surface area contributed by atoms with E-state index in [1.54, 1.807) is 0 Å². The standard InChI is InChI=1S/C26H24BrNO/c1-18-7-13-23(15-19(18)2)28-16-25-24-6-4-3-5-21(24)10-14-26(25)29-17-20-8-11-22(27)12-9-20/h3-15,28H,16-17H2,1-2H3. The van der Waals surface area contributed by atoms with E-state index < -0.39 is 0 Å². The van der Waals surface area contributed by atoms with Crippen LogP contribution in [0, 0.1) is 13.8 Å². The van der Waals surface area contributed by atoms with Crippen molar-refractivity contribution in [3.8, 4) is 5.75 Å². The van der Waals surface area contributed by atoms with Crippen molar-refractivity contribution in [3.63, 3.8) is 0 Å². The van der Waals surface area contributed by atoms with Crippen LogP contribution >= 0.6 is 15.9 Å². The quantitative estimate of drug-likeness (QED) is 0.333. The molecular weight excluding hydrogens is 422 g/mol. The lowest BCUT2D eigenvalue weighted by Gasteiger charge is -2.16. The highest BCUT2D eigenvalue weighted by Crippen LogP contribution is 2.30. The molecule has 0 saturated heterocycles. The average Bonchev–Trinajstić information content (AvgIpc) is 2.74. The van der Waals surface area contributed by atoms with Gasteiger partial charge in [-0.2, -0.15) is 0 Å². The molecule has 4 rings (SSSR count). The Labute approximate surface area is 180 Å². The summed E-state index contributed by atoms with van der Waals surface area (Å²) >= 11 is 3.48. The van der Waals surface area contributed by atoms with Crippen molar-refractivity contribution in [3.05, 3.63) is 106 Å². The van der Waals surface area contributed by atoms with E-state index in [1.165, 1.54) is 27.5 Å². The van der Waals surface area contributed by atoms with Crippen molar-refractivity contribution in [2.45, 2.75) is 27.0 Å². The predicted molar refractivity (Wildman–Crippen MR) is 126 cm³/mol. The zero-order valence-corrected chi connectivity index (χ0v) is 18.3. The molecule has 1 N–H and O–H groups in total. The van der Waals surface area contributed by atoms with Crippen LogP contribution in [0.15, 0.2) is 83.3 Å². The predicted octanol–water partition coefficient (Wildman–Crippen LogP) is 7.41. The van der Waals surface area contributed by atoms with Crippen molar-refractivity contribution in [2.75, 3.05) is 5.32 Å². The first-order valence-corrected chi connectivity index (χ1v) is 10.6. The number of anilines is 1. The summed E-state index contributed by atoms with van der Waals surface area (Å²) in [4.78, 5) is 0. The van der Waals surface area contributed by atoms with Crippen LogP contribution in [0.25, 0.3) is 10.8 Å². The molecule has 0 atom stereocenters. The third kappa shape index (κ3) is 4.63. The number of fused-ring (bicyclic) bond motifs is 1. The molecule has 0 aliphatic rings. The molecule has 146 valence electrons. The van der Waals surface area contributed by atoms with Crippen molar-refractivity contribution in [2.24, 2.45) is 0 Å². The van der Waals surface area contributed by atoms with Crippen LogP contribution in [-0.2, 0) is 13.2 Å². The number of halogens is 1. The van der Waals surface area contributed by atoms with Crippen LogP contribution in [0.3, 0.4) is 0 Å². The van der Waals surface area contributed by atoms with E-state index in [-0.39, 0.29) is 0 Å². The zero-order chi connectivity index (χ0) is 20.2. The molecule has 0 aliphatic heterocycles. The molecule has 0 bridgehead atoms. The van der Waals surface area contributed by atoms with Gasteiger partial charge in [0.25, 0.3) is 0 Å². The molecule has 0 heterocycles. The van der Waals surface area contributed by atoms with Gasteiger partial charge in [-0.3, -0.25) is 0 Å². The normalized spacial score (nSPS) is 10.9. The number of aryl methyl sites for hydroxylation is 2. The van der Waals surface area contributed by atoms with Gasteiger partial charge in [0, 0.05) is 22.3 Å². The number of rotatable bonds is 6. The maximum Gasteiger partial charge on any atom is 0.125 e. The van der Waals surface area contributed by atoms with Gasteiger partial charge in [0.15, 0.2) is 0 Å². The molecule has 0 unspecified atom stereocenters. The fourth-order valence-electron chi connectivity index (χ4n) is 3.42. The number of hydrogen-bond acceptors (Lipinski definition) is 2. The molecule has 0 radical (unpaired) electrons. The number of ether oxygens (including phenoxy) is 1. The van der Waals surface area contributed by atoms with Crippen LogP contribution in [0.4, 0.5) is 5.69 Å². The summed E-state index contributed by atoms with van der Waals surface area (Å²) in [5.74, 6) is 0.919. The molecule has 0 aromatic heterocycles. The summed E-state index contributed by atoms with van der Waals surface area (Å²) in [6, 6.07) is 27.4. The zero-order valence-electron chi connectivity index (χ0n) is 16.7. The van der Waals surface area contributed by atoms with Gasteiger partial charge in [0.05, 0.1) is 0 Å². The first-order valence-electron chi connectivity index (χ1n) is 9.79. The average molecular weight is 446 g/mol. The van der Waals surface area contributed by atoms with E-state index in [9.17, 15) is 0 Å². The minimum Gasteiger partial charge on any atom is -0.489 e. The summed E-state index contributed by atoms with van der Waals surface area (Å²) in [6.07, 6.45) is 0. The maximum absolute atomic E-state index is 6.25. The third-order valence-electron chi connectivity index (χ3n) is 5.28. The highest BCUT2D eigenvalue weighted by atomic mass is 79.9. The van der Waals surface area contributed by atoms with Gasteiger partial charge in [-0.25, -0.2) is 0 Å². The Kier molecular flexibility index (Phi) is 5.86. The number of nitrogens with one attached hydrogen (secondary N) is 1. The van der Waals surface area contributed by atoms with Crippen molar-refractivity contribution in [1.82, 2.24) is 0 Å². The Bertz CT molecular complexity index is 1140. The van der Waals surface area contributed by atoms with Crippen molar-refractivity contribution < 1.29 is 4.74 Å². The monoisotopic (exact) mass is 445 g/mol. The van der Waals surface area contributed by atoms with Gasteiger partial charge in [-0.1, -0.05) is 64.5 Å². The van der Waals surface area contributed by atoms with Gasteiger partial charge < -0.3 is 10.1 Å². The fourth-order valence-corrected chi connectivity index (χ4v) is 3.68. The summed E-state index contributed by atoms with van der Waals surface area (Å²) < 4.78 is 7.32. The third-order valence-corrected chi connectivity index (χ3v) is 5.81. The number of benzene rings is 4. The van der Waals surface area contributed by atoms with Crippen LogP contribution in [0.1, 0.15) is 22.3 Å². The molecule has 0 amide bonds. The molecule has 29 heavy (non-hydrogen) atoms.